The fourth-order valence-electron chi connectivity index (χ4n) is 3.19. The van der Waals surface area contributed by atoms with E-state index in [9.17, 15) is 9.59 Å². The van der Waals surface area contributed by atoms with Gasteiger partial charge < -0.3 is 14.2 Å². The SMILES string of the molecule is O=C(Nc1cnn(Cc2ccccc2)c1)c1cc2c(=O)c3ccccc3oc2o1. The van der Waals surface area contributed by atoms with E-state index in [0.717, 1.165) is 5.56 Å². The van der Waals surface area contributed by atoms with Crippen LogP contribution in [0.25, 0.3) is 22.1 Å². The Morgan fingerprint density at radius 1 is 1.00 bits per heavy atom. The summed E-state index contributed by atoms with van der Waals surface area (Å²) in [5, 5.41) is 7.65. The van der Waals surface area contributed by atoms with Crippen molar-refractivity contribution in [2.24, 2.45) is 0 Å². The topological polar surface area (TPSA) is 90.3 Å². The number of anilines is 1. The lowest BCUT2D eigenvalue weighted by Crippen LogP contribution is -2.10. The van der Waals surface area contributed by atoms with Gasteiger partial charge in [-0.3, -0.25) is 14.3 Å². The molecule has 0 atom stereocenters. The summed E-state index contributed by atoms with van der Waals surface area (Å²) in [7, 11) is 0. The van der Waals surface area contributed by atoms with Crippen molar-refractivity contribution in [3.05, 3.63) is 94.6 Å². The van der Waals surface area contributed by atoms with Gasteiger partial charge in [0.2, 0.25) is 5.43 Å². The third kappa shape index (κ3) is 3.19. The molecule has 5 rings (SSSR count). The smallest absolute Gasteiger partial charge is 0.302 e. The molecule has 5 aromatic rings. The Bertz CT molecular complexity index is 1400. The zero-order chi connectivity index (χ0) is 19.8. The second-order valence-corrected chi connectivity index (χ2v) is 6.61. The minimum Gasteiger partial charge on any atom is -0.425 e. The number of nitrogens with zero attached hydrogens (tertiary/aromatic N) is 2. The average molecular weight is 385 g/mol. The summed E-state index contributed by atoms with van der Waals surface area (Å²) in [6.07, 6.45) is 3.28. The molecule has 0 saturated carbocycles. The largest absolute Gasteiger partial charge is 0.425 e. The molecule has 142 valence electrons. The minimum atomic E-state index is -0.487. The van der Waals surface area contributed by atoms with Crippen molar-refractivity contribution < 1.29 is 13.6 Å². The number of para-hydroxylation sites is 1. The highest BCUT2D eigenvalue weighted by Crippen LogP contribution is 2.22. The van der Waals surface area contributed by atoms with Crippen molar-refractivity contribution in [3.63, 3.8) is 0 Å². The molecule has 7 nitrogen and oxygen atoms in total. The summed E-state index contributed by atoms with van der Waals surface area (Å²) in [6.45, 7) is 0.590. The van der Waals surface area contributed by atoms with Crippen molar-refractivity contribution in [3.8, 4) is 0 Å². The Morgan fingerprint density at radius 2 is 1.79 bits per heavy atom. The second-order valence-electron chi connectivity index (χ2n) is 6.61. The normalized spacial score (nSPS) is 11.2. The molecule has 7 heteroatoms. The van der Waals surface area contributed by atoms with Gasteiger partial charge in [-0.05, 0) is 17.7 Å². The average Bonchev–Trinajstić information content (AvgIpc) is 3.36. The maximum Gasteiger partial charge on any atom is 0.302 e. The Kier molecular flexibility index (Phi) is 3.98. The van der Waals surface area contributed by atoms with E-state index in [0.29, 0.717) is 23.2 Å². The van der Waals surface area contributed by atoms with Gasteiger partial charge in [-0.15, -0.1) is 0 Å². The van der Waals surface area contributed by atoms with E-state index in [1.54, 1.807) is 41.3 Å². The van der Waals surface area contributed by atoms with E-state index >= 15 is 0 Å². The number of aromatic nitrogens is 2. The molecule has 3 heterocycles. The molecule has 3 aromatic heterocycles. The molecule has 2 aromatic carbocycles. The number of benzene rings is 2. The minimum absolute atomic E-state index is 0.00744. The zero-order valence-electron chi connectivity index (χ0n) is 15.2. The Hall–Kier alpha value is -4.13. The summed E-state index contributed by atoms with van der Waals surface area (Å²) < 4.78 is 12.8. The van der Waals surface area contributed by atoms with E-state index in [2.05, 4.69) is 10.4 Å². The van der Waals surface area contributed by atoms with Gasteiger partial charge in [-0.2, -0.15) is 5.10 Å². The molecule has 29 heavy (non-hydrogen) atoms. The molecular weight excluding hydrogens is 370 g/mol. The van der Waals surface area contributed by atoms with Crippen LogP contribution in [-0.2, 0) is 6.54 Å². The summed E-state index contributed by atoms with van der Waals surface area (Å²) in [4.78, 5) is 25.2. The second kappa shape index (κ2) is 6.79. The van der Waals surface area contributed by atoms with E-state index in [-0.39, 0.29) is 22.4 Å². The molecule has 0 fully saturated rings. The highest BCUT2D eigenvalue weighted by atomic mass is 16.5. The van der Waals surface area contributed by atoms with Crippen LogP contribution in [0, 0.1) is 0 Å². The van der Waals surface area contributed by atoms with E-state index in [4.69, 9.17) is 8.83 Å². The van der Waals surface area contributed by atoms with Crippen LogP contribution in [-0.4, -0.2) is 15.7 Å². The summed E-state index contributed by atoms with van der Waals surface area (Å²) in [5.41, 5.74) is 1.80. The molecule has 1 amide bonds. The van der Waals surface area contributed by atoms with Crippen LogP contribution in [0.2, 0.25) is 0 Å². The fraction of sp³-hybridized carbons (Fsp3) is 0.0455. The first-order valence-corrected chi connectivity index (χ1v) is 9.00. The number of hydrogen-bond donors (Lipinski definition) is 1. The lowest BCUT2D eigenvalue weighted by atomic mass is 10.2. The van der Waals surface area contributed by atoms with Crippen LogP contribution in [0.3, 0.4) is 0 Å². The standard InChI is InChI=1S/C22H15N3O4/c26-20-16-8-4-5-9-18(16)28-22-17(20)10-19(29-22)21(27)24-15-11-23-25(13-15)12-14-6-2-1-3-7-14/h1-11,13H,12H2,(H,24,27). The molecule has 0 bridgehead atoms. The number of nitrogens with one attached hydrogen (secondary N) is 1. The van der Waals surface area contributed by atoms with E-state index in [1.807, 2.05) is 30.3 Å². The number of furan rings is 1. The lowest BCUT2D eigenvalue weighted by Gasteiger charge is -2.01. The molecule has 0 aliphatic carbocycles. The van der Waals surface area contributed by atoms with Gasteiger partial charge in [0.25, 0.3) is 5.91 Å². The van der Waals surface area contributed by atoms with E-state index < -0.39 is 5.91 Å². The van der Waals surface area contributed by atoms with Crippen LogP contribution >= 0.6 is 0 Å². The Morgan fingerprint density at radius 3 is 2.66 bits per heavy atom. The maximum absolute atomic E-state index is 12.6. The van der Waals surface area contributed by atoms with Gasteiger partial charge in [0.15, 0.2) is 5.76 Å². The third-order valence-corrected chi connectivity index (χ3v) is 4.58. The monoisotopic (exact) mass is 385 g/mol. The van der Waals surface area contributed by atoms with Gasteiger partial charge in [0.1, 0.15) is 11.0 Å². The van der Waals surface area contributed by atoms with Gasteiger partial charge in [0.05, 0.1) is 23.8 Å². The molecule has 0 aliphatic rings. The number of rotatable bonds is 4. The molecule has 0 unspecified atom stereocenters. The molecule has 1 N–H and O–H groups in total. The Balaban J connectivity index is 1.40. The third-order valence-electron chi connectivity index (χ3n) is 4.58. The van der Waals surface area contributed by atoms with Gasteiger partial charge in [-0.1, -0.05) is 42.5 Å². The summed E-state index contributed by atoms with van der Waals surface area (Å²) >= 11 is 0. The van der Waals surface area contributed by atoms with Gasteiger partial charge >= 0.3 is 5.78 Å². The van der Waals surface area contributed by atoms with Crippen molar-refractivity contribution in [2.45, 2.75) is 6.54 Å². The van der Waals surface area contributed by atoms with Crippen LogP contribution in [0.4, 0.5) is 5.69 Å². The number of amides is 1. The number of fused-ring (bicyclic) bond motifs is 2. The van der Waals surface area contributed by atoms with Crippen molar-refractivity contribution in [2.75, 3.05) is 5.32 Å². The molecule has 0 spiro atoms. The van der Waals surface area contributed by atoms with E-state index in [1.165, 1.54) is 6.07 Å². The van der Waals surface area contributed by atoms with Crippen LogP contribution in [0.1, 0.15) is 16.1 Å². The fourth-order valence-corrected chi connectivity index (χ4v) is 3.19. The Labute approximate surface area is 164 Å². The summed E-state index contributed by atoms with van der Waals surface area (Å²) in [6, 6.07) is 18.2. The predicted molar refractivity (Wildman–Crippen MR) is 108 cm³/mol. The summed E-state index contributed by atoms with van der Waals surface area (Å²) in [5.74, 6) is -0.468. The van der Waals surface area contributed by atoms with Crippen LogP contribution < -0.4 is 10.7 Å². The van der Waals surface area contributed by atoms with Gasteiger partial charge in [0, 0.05) is 12.3 Å². The highest BCUT2D eigenvalue weighted by molar-refractivity contribution is 6.04. The van der Waals surface area contributed by atoms with Crippen LogP contribution in [0.5, 0.6) is 0 Å². The van der Waals surface area contributed by atoms with Crippen molar-refractivity contribution in [1.82, 2.24) is 9.78 Å². The first kappa shape index (κ1) is 17.0. The number of carbonyl (C=O) groups excluding carboxylic acids is 1. The van der Waals surface area contributed by atoms with Crippen molar-refractivity contribution in [1.29, 1.82) is 0 Å². The molecule has 0 aliphatic heterocycles. The first-order chi connectivity index (χ1) is 14.2. The zero-order valence-corrected chi connectivity index (χ0v) is 15.2. The van der Waals surface area contributed by atoms with Gasteiger partial charge in [-0.25, -0.2) is 0 Å². The predicted octanol–water partition coefficient (Wildman–Crippen LogP) is 4.04. The molecular formula is C22H15N3O4. The van der Waals surface area contributed by atoms with Crippen LogP contribution in [0.15, 0.2) is 86.7 Å². The van der Waals surface area contributed by atoms with Crippen molar-refractivity contribution >= 4 is 33.7 Å². The first-order valence-electron chi connectivity index (χ1n) is 9.00. The quantitative estimate of drug-likeness (QED) is 0.504. The molecule has 0 radical (unpaired) electrons. The maximum atomic E-state index is 12.6. The lowest BCUT2D eigenvalue weighted by molar-refractivity contribution is 0.0997. The highest BCUT2D eigenvalue weighted by Gasteiger charge is 2.18. The number of carbonyl (C=O) groups is 1. The number of hydrogen-bond acceptors (Lipinski definition) is 5. The molecule has 0 saturated heterocycles.